The Balaban J connectivity index is 2.06. The highest BCUT2D eigenvalue weighted by Gasteiger charge is 2.08. The van der Waals surface area contributed by atoms with Crippen LogP contribution in [0.25, 0.3) is 0 Å². The lowest BCUT2D eigenvalue weighted by Gasteiger charge is -2.08. The summed E-state index contributed by atoms with van der Waals surface area (Å²) in [4.78, 5) is 16.0. The van der Waals surface area contributed by atoms with Crippen LogP contribution in [0.2, 0.25) is 0 Å². The molecule has 1 aromatic carbocycles. The van der Waals surface area contributed by atoms with Crippen molar-refractivity contribution in [2.24, 2.45) is 0 Å². The minimum Gasteiger partial charge on any atom is -0.398 e. The van der Waals surface area contributed by atoms with Gasteiger partial charge >= 0.3 is 0 Å². The van der Waals surface area contributed by atoms with E-state index in [1.54, 1.807) is 12.3 Å². The first-order valence-corrected chi connectivity index (χ1v) is 5.71. The van der Waals surface area contributed by atoms with Gasteiger partial charge in [-0.2, -0.15) is 0 Å². The van der Waals surface area contributed by atoms with Crippen LogP contribution in [0.1, 0.15) is 11.1 Å². The fourth-order valence-electron chi connectivity index (χ4n) is 1.66. The number of aromatic nitrogens is 1. The molecule has 0 saturated heterocycles. The second-order valence-corrected chi connectivity index (χ2v) is 4.09. The third-order valence-electron chi connectivity index (χ3n) is 2.67. The molecule has 2 aromatic rings. The van der Waals surface area contributed by atoms with Gasteiger partial charge in [-0.15, -0.1) is 0 Å². The van der Waals surface area contributed by atoms with Gasteiger partial charge < -0.3 is 11.1 Å². The van der Waals surface area contributed by atoms with Gasteiger partial charge in [0.1, 0.15) is 5.82 Å². The Morgan fingerprint density at radius 3 is 2.78 bits per heavy atom. The van der Waals surface area contributed by atoms with E-state index in [2.05, 4.69) is 10.3 Å². The van der Waals surface area contributed by atoms with Gasteiger partial charge in [-0.05, 0) is 30.2 Å². The van der Waals surface area contributed by atoms with Crippen LogP contribution in [0.3, 0.4) is 0 Å². The summed E-state index contributed by atoms with van der Waals surface area (Å²) in [5.41, 5.74) is 8.19. The van der Waals surface area contributed by atoms with Gasteiger partial charge in [0.25, 0.3) is 0 Å². The number of pyridine rings is 1. The number of nitrogens with zero attached hydrogens (tertiary/aromatic N) is 1. The number of nitrogens with two attached hydrogens (primary N) is 1. The predicted molar refractivity (Wildman–Crippen MR) is 72.2 cm³/mol. The summed E-state index contributed by atoms with van der Waals surface area (Å²) in [6, 6.07) is 11.1. The highest BCUT2D eigenvalue weighted by Crippen LogP contribution is 2.13. The highest BCUT2D eigenvalue weighted by atomic mass is 16.1. The summed E-state index contributed by atoms with van der Waals surface area (Å²) >= 11 is 0. The minimum absolute atomic E-state index is 0.116. The largest absolute Gasteiger partial charge is 0.398 e. The second kappa shape index (κ2) is 5.31. The zero-order chi connectivity index (χ0) is 13.0. The molecule has 1 aromatic heterocycles. The normalized spacial score (nSPS) is 10.1. The van der Waals surface area contributed by atoms with Gasteiger partial charge in [0.15, 0.2) is 0 Å². The first-order chi connectivity index (χ1) is 8.66. The van der Waals surface area contributed by atoms with Gasteiger partial charge in [-0.1, -0.05) is 24.3 Å². The number of hydrogen-bond donors (Lipinski definition) is 2. The molecule has 4 heteroatoms. The average Bonchev–Trinajstić information content (AvgIpc) is 2.35. The number of rotatable bonds is 3. The van der Waals surface area contributed by atoms with Crippen LogP contribution in [0.5, 0.6) is 0 Å². The number of carbonyl (C=O) groups excluding carboxylic acids is 1. The summed E-state index contributed by atoms with van der Waals surface area (Å²) in [5.74, 6) is 0.478. The van der Waals surface area contributed by atoms with Crippen molar-refractivity contribution in [3.05, 3.63) is 53.7 Å². The molecule has 0 atom stereocenters. The van der Waals surface area contributed by atoms with Crippen LogP contribution < -0.4 is 11.1 Å². The SMILES string of the molecule is Cc1cccnc1NC(=O)Cc1ccccc1N. The Bertz CT molecular complexity index is 517. The topological polar surface area (TPSA) is 68.0 Å². The average molecular weight is 241 g/mol. The molecular weight excluding hydrogens is 226 g/mol. The second-order valence-electron chi connectivity index (χ2n) is 4.09. The molecule has 0 aliphatic carbocycles. The summed E-state index contributed by atoms with van der Waals surface area (Å²) < 4.78 is 0. The standard InChI is InChI=1S/C14H15N3O/c1-10-5-4-8-16-14(10)17-13(18)9-11-6-2-3-7-12(11)15/h2-8H,9,15H2,1H3,(H,16,17,18). The van der Waals surface area contributed by atoms with Crippen molar-refractivity contribution < 1.29 is 4.79 Å². The fraction of sp³-hybridized carbons (Fsp3) is 0.143. The van der Waals surface area contributed by atoms with E-state index in [0.29, 0.717) is 11.5 Å². The predicted octanol–water partition coefficient (Wildman–Crippen LogP) is 2.15. The quantitative estimate of drug-likeness (QED) is 0.809. The lowest BCUT2D eigenvalue weighted by atomic mass is 10.1. The molecule has 0 aliphatic heterocycles. The molecule has 0 fully saturated rings. The maximum Gasteiger partial charge on any atom is 0.230 e. The van der Waals surface area contributed by atoms with Crippen molar-refractivity contribution in [2.75, 3.05) is 11.1 Å². The number of hydrogen-bond acceptors (Lipinski definition) is 3. The van der Waals surface area contributed by atoms with Crippen molar-refractivity contribution in [1.82, 2.24) is 4.98 Å². The number of aryl methyl sites for hydroxylation is 1. The molecule has 0 saturated carbocycles. The molecule has 18 heavy (non-hydrogen) atoms. The van der Waals surface area contributed by atoms with Crippen LogP contribution >= 0.6 is 0 Å². The van der Waals surface area contributed by atoms with E-state index in [4.69, 9.17) is 5.73 Å². The Hall–Kier alpha value is -2.36. The number of amides is 1. The molecule has 1 amide bonds. The Kier molecular flexibility index (Phi) is 3.57. The third-order valence-corrected chi connectivity index (χ3v) is 2.67. The van der Waals surface area contributed by atoms with E-state index >= 15 is 0 Å². The van der Waals surface area contributed by atoms with E-state index in [-0.39, 0.29) is 12.3 Å². The molecule has 0 radical (unpaired) electrons. The van der Waals surface area contributed by atoms with Gasteiger partial charge in [-0.25, -0.2) is 4.98 Å². The first kappa shape index (κ1) is 12.1. The Morgan fingerprint density at radius 1 is 1.28 bits per heavy atom. The van der Waals surface area contributed by atoms with Crippen molar-refractivity contribution >= 4 is 17.4 Å². The molecule has 4 nitrogen and oxygen atoms in total. The molecule has 0 aliphatic rings. The van der Waals surface area contributed by atoms with Crippen LogP contribution in [0.4, 0.5) is 11.5 Å². The van der Waals surface area contributed by atoms with Crippen molar-refractivity contribution in [3.8, 4) is 0 Å². The van der Waals surface area contributed by atoms with Crippen LogP contribution in [0, 0.1) is 6.92 Å². The van der Waals surface area contributed by atoms with Gasteiger partial charge in [0, 0.05) is 11.9 Å². The van der Waals surface area contributed by atoms with Crippen LogP contribution in [-0.2, 0) is 11.2 Å². The van der Waals surface area contributed by atoms with E-state index in [1.807, 2.05) is 37.3 Å². The number of anilines is 2. The maximum atomic E-state index is 11.9. The Labute approximate surface area is 106 Å². The molecular formula is C14H15N3O. The fourth-order valence-corrected chi connectivity index (χ4v) is 1.66. The number of nitrogens with one attached hydrogen (secondary N) is 1. The molecule has 1 heterocycles. The van der Waals surface area contributed by atoms with Crippen LogP contribution in [0.15, 0.2) is 42.6 Å². The Morgan fingerprint density at radius 2 is 2.06 bits per heavy atom. The van der Waals surface area contributed by atoms with Crippen molar-refractivity contribution in [3.63, 3.8) is 0 Å². The van der Waals surface area contributed by atoms with Gasteiger partial charge in [0.2, 0.25) is 5.91 Å². The summed E-state index contributed by atoms with van der Waals surface area (Å²) in [7, 11) is 0. The summed E-state index contributed by atoms with van der Waals surface area (Å²) in [6.45, 7) is 1.90. The molecule has 0 bridgehead atoms. The number of benzene rings is 1. The first-order valence-electron chi connectivity index (χ1n) is 5.71. The van der Waals surface area contributed by atoms with E-state index in [1.165, 1.54) is 0 Å². The lowest BCUT2D eigenvalue weighted by molar-refractivity contribution is -0.115. The van der Waals surface area contributed by atoms with E-state index in [9.17, 15) is 4.79 Å². The number of para-hydroxylation sites is 1. The highest BCUT2D eigenvalue weighted by molar-refractivity contribution is 5.92. The number of carbonyl (C=O) groups is 1. The molecule has 3 N–H and O–H groups in total. The molecule has 92 valence electrons. The van der Waals surface area contributed by atoms with Gasteiger partial charge in [-0.3, -0.25) is 4.79 Å². The third kappa shape index (κ3) is 2.85. The lowest BCUT2D eigenvalue weighted by Crippen LogP contribution is -2.16. The molecule has 0 spiro atoms. The smallest absolute Gasteiger partial charge is 0.230 e. The van der Waals surface area contributed by atoms with Crippen LogP contribution in [-0.4, -0.2) is 10.9 Å². The maximum absolute atomic E-state index is 11.9. The summed E-state index contributed by atoms with van der Waals surface area (Å²) in [6.07, 6.45) is 1.90. The molecule has 2 rings (SSSR count). The van der Waals surface area contributed by atoms with Gasteiger partial charge in [0.05, 0.1) is 6.42 Å². The minimum atomic E-state index is -0.116. The monoisotopic (exact) mass is 241 g/mol. The zero-order valence-electron chi connectivity index (χ0n) is 10.2. The zero-order valence-corrected chi connectivity index (χ0v) is 10.2. The summed E-state index contributed by atoms with van der Waals surface area (Å²) in [5, 5.41) is 2.78. The van der Waals surface area contributed by atoms with E-state index < -0.39 is 0 Å². The van der Waals surface area contributed by atoms with Crippen molar-refractivity contribution in [1.29, 1.82) is 0 Å². The van der Waals surface area contributed by atoms with E-state index in [0.717, 1.165) is 11.1 Å². The van der Waals surface area contributed by atoms with Crippen molar-refractivity contribution in [2.45, 2.75) is 13.3 Å². The molecule has 0 unspecified atom stereocenters. The number of nitrogen functional groups attached to an aromatic ring is 1.